The number of carbonyl (C=O) groups excluding carboxylic acids is 4. The quantitative estimate of drug-likeness (QED) is 0.476. The van der Waals surface area contributed by atoms with Gasteiger partial charge in [0.05, 0.1) is 6.42 Å². The lowest BCUT2D eigenvalue weighted by molar-refractivity contribution is -0.157. The zero-order valence-corrected chi connectivity index (χ0v) is 18.2. The summed E-state index contributed by atoms with van der Waals surface area (Å²) >= 11 is 0. The summed E-state index contributed by atoms with van der Waals surface area (Å²) in [6.07, 6.45) is -0.920. The van der Waals surface area contributed by atoms with Crippen molar-refractivity contribution in [3.8, 4) is 0 Å². The van der Waals surface area contributed by atoms with Gasteiger partial charge in [-0.25, -0.2) is 4.79 Å². The molecule has 0 saturated carbocycles. The van der Waals surface area contributed by atoms with E-state index in [1.165, 1.54) is 13.8 Å². The maximum absolute atomic E-state index is 12.6. The SMILES string of the molecule is CC(=O)c1ccc(NC(=O)[C@@H](C)OC(=O)[C@@H](NC(=O)Cc2ccccc2)C(C)C)cc1. The molecule has 2 aromatic rings. The van der Waals surface area contributed by atoms with E-state index in [1.54, 1.807) is 38.1 Å². The summed E-state index contributed by atoms with van der Waals surface area (Å²) in [4.78, 5) is 48.7. The Hall–Kier alpha value is -3.48. The van der Waals surface area contributed by atoms with Gasteiger partial charge in [-0.3, -0.25) is 14.4 Å². The minimum atomic E-state index is -1.06. The van der Waals surface area contributed by atoms with Crippen molar-refractivity contribution >= 4 is 29.3 Å². The summed E-state index contributed by atoms with van der Waals surface area (Å²) in [5.74, 6) is -1.78. The summed E-state index contributed by atoms with van der Waals surface area (Å²) < 4.78 is 5.30. The fraction of sp³-hybridized carbons (Fsp3) is 0.333. The molecular weight excluding hydrogens is 396 g/mol. The van der Waals surface area contributed by atoms with Gasteiger partial charge in [-0.05, 0) is 49.6 Å². The third-order valence-corrected chi connectivity index (χ3v) is 4.67. The minimum absolute atomic E-state index is 0.0748. The lowest BCUT2D eigenvalue weighted by Gasteiger charge is -2.23. The second kappa shape index (κ2) is 11.1. The molecule has 2 atom stereocenters. The van der Waals surface area contributed by atoms with E-state index in [4.69, 9.17) is 4.74 Å². The van der Waals surface area contributed by atoms with Gasteiger partial charge in [-0.2, -0.15) is 0 Å². The van der Waals surface area contributed by atoms with Crippen LogP contribution in [-0.4, -0.2) is 35.7 Å². The Bertz CT molecular complexity index is 923. The molecule has 0 spiro atoms. The van der Waals surface area contributed by atoms with Crippen LogP contribution in [0.5, 0.6) is 0 Å². The monoisotopic (exact) mass is 424 g/mol. The van der Waals surface area contributed by atoms with Crippen LogP contribution < -0.4 is 10.6 Å². The van der Waals surface area contributed by atoms with Gasteiger partial charge in [0.2, 0.25) is 5.91 Å². The van der Waals surface area contributed by atoms with Crippen molar-refractivity contribution in [3.63, 3.8) is 0 Å². The maximum atomic E-state index is 12.6. The van der Waals surface area contributed by atoms with E-state index in [-0.39, 0.29) is 24.0 Å². The van der Waals surface area contributed by atoms with Gasteiger partial charge in [-0.1, -0.05) is 44.2 Å². The number of amides is 2. The predicted octanol–water partition coefficient (Wildman–Crippen LogP) is 3.14. The number of Topliss-reactive ketones (excluding diaryl/α,β-unsaturated/α-hetero) is 1. The van der Waals surface area contributed by atoms with E-state index in [1.807, 2.05) is 30.3 Å². The second-order valence-electron chi connectivity index (χ2n) is 7.65. The molecule has 7 nitrogen and oxygen atoms in total. The van der Waals surface area contributed by atoms with Crippen LogP contribution in [-0.2, 0) is 25.5 Å². The van der Waals surface area contributed by atoms with Gasteiger partial charge in [0.15, 0.2) is 11.9 Å². The normalized spacial score (nSPS) is 12.5. The number of esters is 1. The molecule has 0 aliphatic heterocycles. The molecule has 0 saturated heterocycles. The van der Waals surface area contributed by atoms with Crippen LogP contribution in [0.25, 0.3) is 0 Å². The Morgan fingerprint density at radius 3 is 2.06 bits per heavy atom. The molecule has 0 radical (unpaired) electrons. The molecule has 0 aromatic heterocycles. The van der Waals surface area contributed by atoms with Gasteiger partial charge in [0.1, 0.15) is 6.04 Å². The molecule has 0 heterocycles. The number of rotatable bonds is 9. The Morgan fingerprint density at radius 1 is 0.903 bits per heavy atom. The average molecular weight is 424 g/mol. The van der Waals surface area contributed by atoms with Crippen molar-refractivity contribution in [1.29, 1.82) is 0 Å². The highest BCUT2D eigenvalue weighted by Gasteiger charge is 2.29. The maximum Gasteiger partial charge on any atom is 0.329 e. The van der Waals surface area contributed by atoms with Gasteiger partial charge < -0.3 is 15.4 Å². The zero-order chi connectivity index (χ0) is 23.0. The molecule has 2 rings (SSSR count). The number of ether oxygens (including phenoxy) is 1. The number of benzene rings is 2. The van der Waals surface area contributed by atoms with E-state index < -0.39 is 24.0 Å². The summed E-state index contributed by atoms with van der Waals surface area (Å²) in [6.45, 7) is 6.49. The molecule has 0 aliphatic carbocycles. The second-order valence-corrected chi connectivity index (χ2v) is 7.65. The van der Waals surface area contributed by atoms with Crippen molar-refractivity contribution in [2.24, 2.45) is 5.92 Å². The Balaban J connectivity index is 1.93. The van der Waals surface area contributed by atoms with Crippen LogP contribution in [0.4, 0.5) is 5.69 Å². The molecule has 0 fully saturated rings. The molecule has 0 unspecified atom stereocenters. The molecule has 0 bridgehead atoms. The molecule has 2 N–H and O–H groups in total. The number of hydrogen-bond acceptors (Lipinski definition) is 5. The Kier molecular flexibility index (Phi) is 8.49. The fourth-order valence-corrected chi connectivity index (χ4v) is 2.84. The largest absolute Gasteiger partial charge is 0.451 e. The summed E-state index contributed by atoms with van der Waals surface area (Å²) in [5.41, 5.74) is 1.84. The smallest absolute Gasteiger partial charge is 0.329 e. The summed E-state index contributed by atoms with van der Waals surface area (Å²) in [7, 11) is 0. The number of hydrogen-bond donors (Lipinski definition) is 2. The highest BCUT2D eigenvalue weighted by molar-refractivity contribution is 5.97. The van der Waals surface area contributed by atoms with Crippen molar-refractivity contribution < 1.29 is 23.9 Å². The first-order valence-electron chi connectivity index (χ1n) is 10.1. The van der Waals surface area contributed by atoms with E-state index >= 15 is 0 Å². The van der Waals surface area contributed by atoms with Crippen molar-refractivity contribution in [2.75, 3.05) is 5.32 Å². The van der Waals surface area contributed by atoms with E-state index in [0.717, 1.165) is 5.56 Å². The molecule has 0 aliphatic rings. The highest BCUT2D eigenvalue weighted by atomic mass is 16.5. The van der Waals surface area contributed by atoms with E-state index in [0.29, 0.717) is 11.3 Å². The molecule has 2 aromatic carbocycles. The van der Waals surface area contributed by atoms with Crippen LogP contribution in [0, 0.1) is 5.92 Å². The Labute approximate surface area is 182 Å². The van der Waals surface area contributed by atoms with Crippen molar-refractivity contribution in [1.82, 2.24) is 5.32 Å². The van der Waals surface area contributed by atoms with Crippen LogP contribution in [0.2, 0.25) is 0 Å². The molecule has 7 heteroatoms. The zero-order valence-electron chi connectivity index (χ0n) is 18.2. The topological polar surface area (TPSA) is 102 Å². The van der Waals surface area contributed by atoms with E-state index in [9.17, 15) is 19.2 Å². The van der Waals surface area contributed by atoms with E-state index in [2.05, 4.69) is 10.6 Å². The summed E-state index contributed by atoms with van der Waals surface area (Å²) in [6, 6.07) is 14.7. The van der Waals surface area contributed by atoms with Crippen LogP contribution in [0.3, 0.4) is 0 Å². The number of anilines is 1. The lowest BCUT2D eigenvalue weighted by atomic mass is 10.0. The van der Waals surface area contributed by atoms with Gasteiger partial charge >= 0.3 is 5.97 Å². The molecule has 31 heavy (non-hydrogen) atoms. The van der Waals surface area contributed by atoms with Crippen LogP contribution >= 0.6 is 0 Å². The lowest BCUT2D eigenvalue weighted by Crippen LogP contribution is -2.47. The third kappa shape index (κ3) is 7.37. The van der Waals surface area contributed by atoms with Gasteiger partial charge in [0.25, 0.3) is 5.91 Å². The summed E-state index contributed by atoms with van der Waals surface area (Å²) in [5, 5.41) is 5.34. The van der Waals surface area contributed by atoms with Crippen LogP contribution in [0.1, 0.15) is 43.6 Å². The number of ketones is 1. The highest BCUT2D eigenvalue weighted by Crippen LogP contribution is 2.12. The van der Waals surface area contributed by atoms with Gasteiger partial charge in [0, 0.05) is 11.3 Å². The van der Waals surface area contributed by atoms with Crippen LogP contribution in [0.15, 0.2) is 54.6 Å². The number of carbonyl (C=O) groups is 4. The third-order valence-electron chi connectivity index (χ3n) is 4.67. The van der Waals surface area contributed by atoms with Crippen molar-refractivity contribution in [3.05, 3.63) is 65.7 Å². The average Bonchev–Trinajstić information content (AvgIpc) is 2.72. The van der Waals surface area contributed by atoms with Gasteiger partial charge in [-0.15, -0.1) is 0 Å². The first-order valence-corrected chi connectivity index (χ1v) is 10.1. The molecule has 2 amide bonds. The minimum Gasteiger partial charge on any atom is -0.451 e. The first kappa shape index (κ1) is 23.8. The first-order chi connectivity index (χ1) is 14.7. The predicted molar refractivity (Wildman–Crippen MR) is 118 cm³/mol. The number of nitrogens with one attached hydrogen (secondary N) is 2. The fourth-order valence-electron chi connectivity index (χ4n) is 2.84. The molecular formula is C24H28N2O5. The Morgan fingerprint density at radius 2 is 1.52 bits per heavy atom. The van der Waals surface area contributed by atoms with Crippen molar-refractivity contribution in [2.45, 2.75) is 46.3 Å². The molecule has 164 valence electrons. The standard InChI is InChI=1S/C24H28N2O5/c1-15(2)22(26-21(28)14-18-8-6-5-7-9-18)24(30)31-17(4)23(29)25-20-12-10-19(11-13-20)16(3)27/h5-13,15,17,22H,14H2,1-4H3,(H,25,29)(H,26,28)/t17-,22+/m1/s1.